The second-order valence-corrected chi connectivity index (χ2v) is 9.37. The fourth-order valence-corrected chi connectivity index (χ4v) is 5.02. The number of phenolic OH excluding ortho intramolecular Hbond substituents is 1. The number of piperazine rings is 1. The molecule has 1 aliphatic rings. The molecule has 1 atom stereocenters. The van der Waals surface area contributed by atoms with Crippen molar-refractivity contribution in [1.82, 2.24) is 9.62 Å². The third-order valence-electron chi connectivity index (χ3n) is 4.37. The van der Waals surface area contributed by atoms with Gasteiger partial charge in [-0.1, -0.05) is 0 Å². The highest BCUT2D eigenvalue weighted by Gasteiger charge is 2.30. The molecule has 1 heterocycles. The number of sulfonamides is 1. The van der Waals surface area contributed by atoms with Crippen molar-refractivity contribution in [2.45, 2.75) is 17.9 Å². The molecule has 144 valence electrons. The van der Waals surface area contributed by atoms with E-state index < -0.39 is 10.0 Å². The van der Waals surface area contributed by atoms with Crippen LogP contribution in [0, 0.1) is 3.57 Å². The van der Waals surface area contributed by atoms with E-state index in [1.54, 1.807) is 18.2 Å². The predicted octanol–water partition coefficient (Wildman–Crippen LogP) is 2.23. The molecule has 27 heavy (non-hydrogen) atoms. The third kappa shape index (κ3) is 4.42. The highest BCUT2D eigenvalue weighted by atomic mass is 127. The van der Waals surface area contributed by atoms with Crippen molar-refractivity contribution in [3.63, 3.8) is 0 Å². The number of benzene rings is 2. The molecule has 2 aromatic rings. The molecule has 0 aliphatic carbocycles. The smallest absolute Gasteiger partial charge is 0.255 e. The van der Waals surface area contributed by atoms with E-state index >= 15 is 0 Å². The molecule has 0 unspecified atom stereocenters. The second kappa shape index (κ2) is 8.13. The van der Waals surface area contributed by atoms with Crippen LogP contribution in [0.25, 0.3) is 0 Å². The van der Waals surface area contributed by atoms with Gasteiger partial charge in [0.1, 0.15) is 5.75 Å². The van der Waals surface area contributed by atoms with E-state index in [9.17, 15) is 18.3 Å². The highest BCUT2D eigenvalue weighted by Crippen LogP contribution is 2.23. The van der Waals surface area contributed by atoms with Gasteiger partial charge in [-0.25, -0.2) is 8.42 Å². The maximum absolute atomic E-state index is 12.8. The summed E-state index contributed by atoms with van der Waals surface area (Å²) in [6.45, 7) is 3.56. The summed E-state index contributed by atoms with van der Waals surface area (Å²) in [5.41, 5.74) is 0.902. The average molecular weight is 501 g/mol. The van der Waals surface area contributed by atoms with E-state index in [0.717, 1.165) is 0 Å². The van der Waals surface area contributed by atoms with Crippen LogP contribution in [0.4, 0.5) is 5.69 Å². The highest BCUT2D eigenvalue weighted by molar-refractivity contribution is 14.1. The zero-order valence-corrected chi connectivity index (χ0v) is 17.6. The first kappa shape index (κ1) is 20.1. The Labute approximate surface area is 172 Å². The molecule has 1 fully saturated rings. The van der Waals surface area contributed by atoms with E-state index in [2.05, 4.69) is 10.6 Å². The number of amides is 1. The van der Waals surface area contributed by atoms with E-state index in [1.807, 2.05) is 29.5 Å². The predicted molar refractivity (Wildman–Crippen MR) is 111 cm³/mol. The van der Waals surface area contributed by atoms with E-state index in [1.165, 1.54) is 28.6 Å². The van der Waals surface area contributed by atoms with Crippen LogP contribution in [0.2, 0.25) is 0 Å². The Morgan fingerprint density at radius 1 is 1.26 bits per heavy atom. The van der Waals surface area contributed by atoms with Crippen LogP contribution < -0.4 is 10.6 Å². The van der Waals surface area contributed by atoms with Crippen molar-refractivity contribution in [3.8, 4) is 5.75 Å². The molecule has 0 radical (unpaired) electrons. The SMILES string of the molecule is C[C@H]1CNCCN1S(=O)(=O)c1ccc(NC(=O)c2ccc(O)c(I)c2)cc1. The maximum atomic E-state index is 12.8. The van der Waals surface area contributed by atoms with Crippen LogP contribution in [0.3, 0.4) is 0 Å². The first-order valence-electron chi connectivity index (χ1n) is 8.41. The van der Waals surface area contributed by atoms with Gasteiger partial charge < -0.3 is 15.7 Å². The van der Waals surface area contributed by atoms with Crippen LogP contribution in [0.15, 0.2) is 47.4 Å². The molecule has 0 saturated carbocycles. The summed E-state index contributed by atoms with van der Waals surface area (Å²) in [6.07, 6.45) is 0. The molecule has 3 rings (SSSR count). The Morgan fingerprint density at radius 3 is 2.59 bits per heavy atom. The van der Waals surface area contributed by atoms with Gasteiger partial charge in [0.15, 0.2) is 0 Å². The molecule has 2 aromatic carbocycles. The second-order valence-electron chi connectivity index (χ2n) is 6.31. The number of carbonyl (C=O) groups is 1. The maximum Gasteiger partial charge on any atom is 0.255 e. The number of nitrogens with zero attached hydrogens (tertiary/aromatic N) is 1. The molecule has 1 aliphatic heterocycles. The molecule has 9 heteroatoms. The minimum atomic E-state index is -3.57. The van der Waals surface area contributed by atoms with Crippen molar-refractivity contribution in [2.75, 3.05) is 25.0 Å². The Bertz CT molecular complexity index is 948. The quantitative estimate of drug-likeness (QED) is 0.559. The number of hydrogen-bond acceptors (Lipinski definition) is 5. The summed E-state index contributed by atoms with van der Waals surface area (Å²) in [5.74, 6) is -0.219. The number of anilines is 1. The summed E-state index contributed by atoms with van der Waals surface area (Å²) < 4.78 is 27.7. The first-order valence-corrected chi connectivity index (χ1v) is 10.9. The van der Waals surface area contributed by atoms with Crippen LogP contribution in [0.5, 0.6) is 5.75 Å². The molecule has 0 aromatic heterocycles. The largest absolute Gasteiger partial charge is 0.507 e. The number of hydrogen-bond donors (Lipinski definition) is 3. The molecule has 0 bridgehead atoms. The van der Waals surface area contributed by atoms with Crippen LogP contribution >= 0.6 is 22.6 Å². The Morgan fingerprint density at radius 2 is 1.96 bits per heavy atom. The van der Waals surface area contributed by atoms with Crippen molar-refractivity contribution < 1.29 is 18.3 Å². The monoisotopic (exact) mass is 501 g/mol. The number of nitrogens with one attached hydrogen (secondary N) is 2. The number of aromatic hydroxyl groups is 1. The van der Waals surface area contributed by atoms with Crippen LogP contribution in [-0.2, 0) is 10.0 Å². The lowest BCUT2D eigenvalue weighted by Crippen LogP contribution is -2.52. The van der Waals surface area contributed by atoms with E-state index in [-0.39, 0.29) is 22.6 Å². The average Bonchev–Trinajstić information content (AvgIpc) is 2.64. The van der Waals surface area contributed by atoms with Crippen molar-refractivity contribution in [3.05, 3.63) is 51.6 Å². The number of phenols is 1. The van der Waals surface area contributed by atoms with Gasteiger partial charge in [-0.05, 0) is 72.0 Å². The molecule has 1 saturated heterocycles. The molecule has 0 spiro atoms. The van der Waals surface area contributed by atoms with Gasteiger partial charge in [0.25, 0.3) is 5.91 Å². The van der Waals surface area contributed by atoms with Crippen molar-refractivity contribution in [1.29, 1.82) is 0 Å². The first-order chi connectivity index (χ1) is 12.8. The fraction of sp³-hybridized carbons (Fsp3) is 0.278. The molecule has 3 N–H and O–H groups in total. The third-order valence-corrected chi connectivity index (χ3v) is 7.26. The minimum absolute atomic E-state index is 0.111. The lowest BCUT2D eigenvalue weighted by Gasteiger charge is -2.32. The lowest BCUT2D eigenvalue weighted by molar-refractivity contribution is 0.102. The van der Waals surface area contributed by atoms with Gasteiger partial charge in [-0.15, -0.1) is 0 Å². The van der Waals surface area contributed by atoms with Crippen molar-refractivity contribution >= 4 is 44.2 Å². The van der Waals surface area contributed by atoms with Gasteiger partial charge >= 0.3 is 0 Å². The molecular formula is C18H20IN3O4S. The molecular weight excluding hydrogens is 481 g/mol. The number of rotatable bonds is 4. The van der Waals surface area contributed by atoms with E-state index in [0.29, 0.717) is 34.5 Å². The summed E-state index contributed by atoms with van der Waals surface area (Å²) in [7, 11) is -3.57. The van der Waals surface area contributed by atoms with Crippen LogP contribution in [0.1, 0.15) is 17.3 Å². The Hall–Kier alpha value is -1.69. The summed E-state index contributed by atoms with van der Waals surface area (Å²) >= 11 is 1.94. The van der Waals surface area contributed by atoms with Crippen LogP contribution in [-0.4, -0.2) is 49.4 Å². The topological polar surface area (TPSA) is 98.7 Å². The molecule has 7 nitrogen and oxygen atoms in total. The normalized spacial score (nSPS) is 18.2. The number of carbonyl (C=O) groups excluding carboxylic acids is 1. The minimum Gasteiger partial charge on any atom is -0.507 e. The standard InChI is InChI=1S/C18H20IN3O4S/c1-12-11-20-8-9-22(12)27(25,26)15-5-3-14(4-6-15)21-18(24)13-2-7-17(23)16(19)10-13/h2-7,10,12,20,23H,8-9,11H2,1H3,(H,21,24)/t12-/m0/s1. The lowest BCUT2D eigenvalue weighted by atomic mass is 10.2. The van der Waals surface area contributed by atoms with Gasteiger partial charge in [-0.2, -0.15) is 4.31 Å². The van der Waals surface area contributed by atoms with Crippen molar-refractivity contribution in [2.24, 2.45) is 0 Å². The zero-order chi connectivity index (χ0) is 19.6. The van der Waals surface area contributed by atoms with Gasteiger partial charge in [0.2, 0.25) is 10.0 Å². The molecule has 1 amide bonds. The van der Waals surface area contributed by atoms with Gasteiger partial charge in [0, 0.05) is 36.9 Å². The van der Waals surface area contributed by atoms with Gasteiger partial charge in [0.05, 0.1) is 8.47 Å². The zero-order valence-electron chi connectivity index (χ0n) is 14.6. The van der Waals surface area contributed by atoms with E-state index in [4.69, 9.17) is 0 Å². The fourth-order valence-electron chi connectivity index (χ4n) is 2.88. The Balaban J connectivity index is 1.75. The summed E-state index contributed by atoms with van der Waals surface area (Å²) in [5, 5.41) is 15.4. The number of halogens is 1. The van der Waals surface area contributed by atoms with Gasteiger partial charge in [-0.3, -0.25) is 4.79 Å². The Kier molecular flexibility index (Phi) is 6.04. The summed E-state index contributed by atoms with van der Waals surface area (Å²) in [4.78, 5) is 12.5. The summed E-state index contributed by atoms with van der Waals surface area (Å²) in [6, 6.07) is 10.6.